The first-order valence-electron chi connectivity index (χ1n) is 21.4. The molecule has 6 heteroatoms. The molecule has 1 heterocycles. The number of benzene rings is 1. The zero-order valence-electron chi connectivity index (χ0n) is 33.8. The van der Waals surface area contributed by atoms with Gasteiger partial charge >= 0.3 is 5.97 Å². The van der Waals surface area contributed by atoms with Gasteiger partial charge in [0.25, 0.3) is 0 Å². The SMILES string of the molecule is CCCCCC[C@@]12CC[C@]3(C)[C@H](CC[C@]45[C@@H](C)[C@](O)(CC[C@]43CO)O[C@@H]5Cc3ccc(CCOC)cc3)[C@@]1(C)CC[C@@]1(C)CC[C@@](C)(C(=O)O)C[C@H]12. The van der Waals surface area contributed by atoms with Crippen LogP contribution in [-0.2, 0) is 27.1 Å². The molecule has 1 saturated heterocycles. The Bertz CT molecular complexity index is 1480. The van der Waals surface area contributed by atoms with Crippen LogP contribution in [-0.4, -0.2) is 53.5 Å². The molecule has 0 radical (unpaired) electrons. The van der Waals surface area contributed by atoms with E-state index in [4.69, 9.17) is 9.47 Å². The van der Waals surface area contributed by atoms with Gasteiger partial charge in [0.05, 0.1) is 18.1 Å². The van der Waals surface area contributed by atoms with Gasteiger partial charge < -0.3 is 24.8 Å². The number of rotatable bonds is 12. The molecule has 6 nitrogen and oxygen atoms in total. The molecule has 1 aromatic rings. The molecule has 2 bridgehead atoms. The van der Waals surface area contributed by atoms with E-state index in [2.05, 4.69) is 58.9 Å². The van der Waals surface area contributed by atoms with Crippen molar-refractivity contribution in [1.82, 2.24) is 0 Å². The van der Waals surface area contributed by atoms with Gasteiger partial charge in [0.2, 0.25) is 0 Å². The highest BCUT2D eigenvalue weighted by atomic mass is 16.6. The number of aliphatic hydroxyl groups is 2. The Morgan fingerprint density at radius 3 is 2.23 bits per heavy atom. The molecule has 5 aliphatic carbocycles. The second-order valence-corrected chi connectivity index (χ2v) is 20.4. The van der Waals surface area contributed by atoms with Crippen LogP contribution in [0.25, 0.3) is 0 Å². The van der Waals surface area contributed by atoms with Gasteiger partial charge in [-0.05, 0) is 135 Å². The summed E-state index contributed by atoms with van der Waals surface area (Å²) < 4.78 is 12.2. The summed E-state index contributed by atoms with van der Waals surface area (Å²) in [4.78, 5) is 12.9. The summed E-state index contributed by atoms with van der Waals surface area (Å²) in [5.74, 6) is -1.02. The number of fused-ring (bicyclic) bond motifs is 7. The first-order valence-corrected chi connectivity index (χ1v) is 21.4. The Labute approximate surface area is 315 Å². The van der Waals surface area contributed by atoms with Crippen LogP contribution in [0.5, 0.6) is 0 Å². The van der Waals surface area contributed by atoms with Crippen LogP contribution < -0.4 is 0 Å². The summed E-state index contributed by atoms with van der Waals surface area (Å²) in [6, 6.07) is 8.89. The smallest absolute Gasteiger partial charge is 0.309 e. The minimum absolute atomic E-state index is 0.0565. The predicted octanol–water partition coefficient (Wildman–Crippen LogP) is 9.76. The molecular weight excluding hydrogens is 649 g/mol. The molecule has 0 amide bonds. The number of hydrogen-bond acceptors (Lipinski definition) is 5. The van der Waals surface area contributed by atoms with Crippen molar-refractivity contribution in [3.05, 3.63) is 35.4 Å². The molecule has 7 rings (SSSR count). The molecule has 5 saturated carbocycles. The van der Waals surface area contributed by atoms with E-state index in [-0.39, 0.29) is 51.1 Å². The number of carbonyl (C=O) groups is 1. The molecule has 52 heavy (non-hydrogen) atoms. The van der Waals surface area contributed by atoms with Crippen molar-refractivity contribution in [1.29, 1.82) is 0 Å². The van der Waals surface area contributed by atoms with Crippen molar-refractivity contribution in [2.24, 2.45) is 55.7 Å². The van der Waals surface area contributed by atoms with Crippen LogP contribution in [0.2, 0.25) is 0 Å². The molecular formula is C46H72O6. The number of ether oxygens (including phenoxy) is 2. The number of hydrogen-bond donors (Lipinski definition) is 3. The van der Waals surface area contributed by atoms with Gasteiger partial charge in [-0.3, -0.25) is 4.79 Å². The van der Waals surface area contributed by atoms with Crippen LogP contribution in [0, 0.1) is 55.7 Å². The summed E-state index contributed by atoms with van der Waals surface area (Å²) in [6.45, 7) is 15.2. The highest BCUT2D eigenvalue weighted by Crippen LogP contribution is 2.84. The number of unbranched alkanes of at least 4 members (excludes halogenated alkanes) is 3. The number of methoxy groups -OCH3 is 1. The minimum Gasteiger partial charge on any atom is -0.481 e. The molecule has 1 aliphatic heterocycles. The lowest BCUT2D eigenvalue weighted by molar-refractivity contribution is -0.311. The van der Waals surface area contributed by atoms with Crippen molar-refractivity contribution in [2.45, 2.75) is 169 Å². The maximum Gasteiger partial charge on any atom is 0.309 e. The quantitative estimate of drug-likeness (QED) is 0.186. The fourth-order valence-corrected chi connectivity index (χ4v) is 15.6. The zero-order valence-corrected chi connectivity index (χ0v) is 33.8. The van der Waals surface area contributed by atoms with Gasteiger partial charge in [0.15, 0.2) is 5.79 Å². The van der Waals surface area contributed by atoms with Gasteiger partial charge in [0, 0.05) is 36.9 Å². The Morgan fingerprint density at radius 1 is 0.865 bits per heavy atom. The van der Waals surface area contributed by atoms with E-state index in [1.54, 1.807) is 7.11 Å². The topological polar surface area (TPSA) is 96.2 Å². The van der Waals surface area contributed by atoms with Crippen molar-refractivity contribution in [3.63, 3.8) is 0 Å². The Balaban J connectivity index is 1.29. The molecule has 1 spiro atoms. The van der Waals surface area contributed by atoms with Crippen LogP contribution in [0.3, 0.4) is 0 Å². The van der Waals surface area contributed by atoms with Gasteiger partial charge in [-0.25, -0.2) is 0 Å². The summed E-state index contributed by atoms with van der Waals surface area (Å²) in [5.41, 5.74) is 1.34. The number of carboxylic acids is 1. The lowest BCUT2D eigenvalue weighted by Gasteiger charge is -2.78. The highest BCUT2D eigenvalue weighted by molar-refractivity contribution is 5.74. The maximum atomic E-state index is 12.9. The lowest BCUT2D eigenvalue weighted by atomic mass is 9.26. The zero-order chi connectivity index (χ0) is 37.4. The van der Waals surface area contributed by atoms with Crippen molar-refractivity contribution in [2.75, 3.05) is 20.3 Å². The molecule has 0 aromatic heterocycles. The van der Waals surface area contributed by atoms with Gasteiger partial charge in [-0.15, -0.1) is 0 Å². The third-order valence-electron chi connectivity index (χ3n) is 18.8. The van der Waals surface area contributed by atoms with E-state index in [1.165, 1.54) is 56.1 Å². The van der Waals surface area contributed by atoms with E-state index in [9.17, 15) is 20.1 Å². The first-order chi connectivity index (χ1) is 24.6. The van der Waals surface area contributed by atoms with Gasteiger partial charge in [-0.2, -0.15) is 0 Å². The van der Waals surface area contributed by atoms with E-state index in [0.717, 1.165) is 64.2 Å². The van der Waals surface area contributed by atoms with Crippen molar-refractivity contribution < 1.29 is 29.6 Å². The third kappa shape index (κ3) is 5.18. The summed E-state index contributed by atoms with van der Waals surface area (Å²) in [7, 11) is 1.74. The summed E-state index contributed by atoms with van der Waals surface area (Å²) >= 11 is 0. The minimum atomic E-state index is -1.16. The van der Waals surface area contributed by atoms with E-state index < -0.39 is 17.2 Å². The maximum absolute atomic E-state index is 12.9. The summed E-state index contributed by atoms with van der Waals surface area (Å²) in [5, 5.41) is 34.9. The summed E-state index contributed by atoms with van der Waals surface area (Å²) in [6.07, 6.45) is 18.2. The monoisotopic (exact) mass is 721 g/mol. The number of carboxylic acid groups (broad SMARTS) is 1. The largest absolute Gasteiger partial charge is 0.481 e. The van der Waals surface area contributed by atoms with Crippen molar-refractivity contribution >= 4 is 5.97 Å². The second kappa shape index (κ2) is 13.3. The van der Waals surface area contributed by atoms with E-state index >= 15 is 0 Å². The van der Waals surface area contributed by atoms with Crippen LogP contribution in [0.15, 0.2) is 24.3 Å². The molecule has 6 aliphatic rings. The second-order valence-electron chi connectivity index (χ2n) is 20.4. The molecule has 6 fully saturated rings. The number of aliphatic hydroxyl groups excluding tert-OH is 1. The average Bonchev–Trinajstić information content (AvgIpc) is 3.24. The Kier molecular flexibility index (Phi) is 9.95. The first kappa shape index (κ1) is 38.8. The normalized spacial score (nSPS) is 47.9. The molecule has 3 N–H and O–H groups in total. The molecule has 12 atom stereocenters. The fourth-order valence-electron chi connectivity index (χ4n) is 15.6. The van der Waals surface area contributed by atoms with Gasteiger partial charge in [-0.1, -0.05) is 84.6 Å². The predicted molar refractivity (Wildman–Crippen MR) is 206 cm³/mol. The molecule has 292 valence electrons. The van der Waals surface area contributed by atoms with Crippen LogP contribution >= 0.6 is 0 Å². The fraction of sp³-hybridized carbons (Fsp3) is 0.848. The van der Waals surface area contributed by atoms with Crippen molar-refractivity contribution in [3.8, 4) is 0 Å². The average molecular weight is 721 g/mol. The molecule has 1 aromatic carbocycles. The Hall–Kier alpha value is -1.47. The van der Waals surface area contributed by atoms with Crippen LogP contribution in [0.1, 0.15) is 155 Å². The van der Waals surface area contributed by atoms with Gasteiger partial charge in [0.1, 0.15) is 0 Å². The highest BCUT2D eigenvalue weighted by Gasteiger charge is 2.81. The third-order valence-corrected chi connectivity index (χ3v) is 18.8. The van der Waals surface area contributed by atoms with E-state index in [0.29, 0.717) is 24.9 Å². The standard InChI is InChI=1S/C46H72O6/c1-8-9-10-11-18-43-25-24-42(6)35(41(43,5)23-22-39(3)20-21-40(4,38(48)49)30-36(39)43)16-19-45-32(2)46(50,27-26-44(42,45)31-47)52-37(45)29-34-14-12-33(13-15-34)17-28-51-7/h12-15,32,35-37,47,50H,8-11,16-31H2,1-7H3,(H,48,49)/t32-,35-,36-,37-,39-,40-,41-,42-,43+,44-,45-,46+/m1/s1. The van der Waals surface area contributed by atoms with E-state index in [1.807, 2.05) is 6.92 Å². The Morgan fingerprint density at radius 2 is 1.56 bits per heavy atom. The lowest BCUT2D eigenvalue weighted by Crippen LogP contribution is -2.74. The number of aliphatic carboxylic acids is 1. The molecule has 0 unspecified atom stereocenters. The van der Waals surface area contributed by atoms with Crippen LogP contribution in [0.4, 0.5) is 0 Å².